The first kappa shape index (κ1) is 12.5. The molecule has 1 rings (SSSR count). The zero-order valence-electron chi connectivity index (χ0n) is 7.77. The van der Waals surface area contributed by atoms with Crippen molar-refractivity contribution in [3.05, 3.63) is 29.3 Å². The van der Waals surface area contributed by atoms with Crippen LogP contribution in [0.4, 0.5) is 0 Å². The third kappa shape index (κ3) is 3.54. The minimum atomic E-state index is -2.21. The van der Waals surface area contributed by atoms with Gasteiger partial charge < -0.3 is 9.05 Å². The molecule has 0 aliphatic rings. The van der Waals surface area contributed by atoms with Crippen LogP contribution in [0.3, 0.4) is 0 Å². The summed E-state index contributed by atoms with van der Waals surface area (Å²) in [7, 11) is 3.13. The first-order chi connectivity index (χ1) is 6.59. The molecule has 0 radical (unpaired) electrons. The summed E-state index contributed by atoms with van der Waals surface area (Å²) in [6, 6.07) is 7.42. The van der Waals surface area contributed by atoms with Gasteiger partial charge in [-0.1, -0.05) is 11.6 Å². The first-order valence-corrected chi connectivity index (χ1v) is 8.20. The average molecular weight is 269 g/mol. The Balaban J connectivity index is 2.78. The Morgan fingerprint density at radius 2 is 1.71 bits per heavy atom. The largest absolute Gasteiger partial charge is 0.325 e. The van der Waals surface area contributed by atoms with E-state index in [1.165, 1.54) is 11.4 Å². The molecule has 0 aromatic heterocycles. The molecule has 0 bridgehead atoms. The van der Waals surface area contributed by atoms with Crippen LogP contribution in [0, 0.1) is 0 Å². The highest BCUT2D eigenvalue weighted by Crippen LogP contribution is 2.62. The van der Waals surface area contributed by atoms with E-state index in [-0.39, 0.29) is 0 Å². The number of halogens is 1. The average Bonchev–Trinajstić information content (AvgIpc) is 2.21. The van der Waals surface area contributed by atoms with Crippen molar-refractivity contribution in [2.75, 3.05) is 14.2 Å². The van der Waals surface area contributed by atoms with Gasteiger partial charge in [-0.05, 0) is 47.5 Å². The maximum absolute atomic E-state index is 5.76. The van der Waals surface area contributed by atoms with Crippen LogP contribution >= 0.6 is 28.7 Å². The van der Waals surface area contributed by atoms with Crippen LogP contribution in [0.25, 0.3) is 0 Å². The second-order valence-corrected chi connectivity index (χ2v) is 9.20. The minimum absolute atomic E-state index is 0.706. The van der Waals surface area contributed by atoms with Gasteiger partial charge in [0.15, 0.2) is 0 Å². The van der Waals surface area contributed by atoms with Gasteiger partial charge in [-0.15, -0.1) is 0 Å². The SMILES string of the molecule is COP(=S)(OC)Sc1ccc(Cl)cc1. The Kier molecular flexibility index (Phi) is 4.91. The lowest BCUT2D eigenvalue weighted by atomic mass is 10.4. The molecule has 0 spiro atoms. The second-order valence-electron chi connectivity index (χ2n) is 2.36. The van der Waals surface area contributed by atoms with E-state index in [1.807, 2.05) is 24.3 Å². The maximum Gasteiger partial charge on any atom is 0.251 e. The Morgan fingerprint density at radius 1 is 1.21 bits per heavy atom. The van der Waals surface area contributed by atoms with Gasteiger partial charge in [-0.25, -0.2) is 0 Å². The normalized spacial score (nSPS) is 11.6. The minimum Gasteiger partial charge on any atom is -0.325 e. The van der Waals surface area contributed by atoms with E-state index < -0.39 is 5.69 Å². The van der Waals surface area contributed by atoms with E-state index in [1.54, 1.807) is 14.2 Å². The molecule has 0 N–H and O–H groups in total. The molecule has 0 amide bonds. The summed E-state index contributed by atoms with van der Waals surface area (Å²) in [4.78, 5) is 1.00. The molecule has 0 saturated carbocycles. The topological polar surface area (TPSA) is 18.5 Å². The molecule has 0 unspecified atom stereocenters. The van der Waals surface area contributed by atoms with Gasteiger partial charge in [0, 0.05) is 24.1 Å². The fourth-order valence-electron chi connectivity index (χ4n) is 0.774. The van der Waals surface area contributed by atoms with Crippen LogP contribution in [0.15, 0.2) is 29.2 Å². The third-order valence-electron chi connectivity index (χ3n) is 1.48. The molecule has 2 nitrogen and oxygen atoms in total. The summed E-state index contributed by atoms with van der Waals surface area (Å²) in [6.45, 7) is 0. The van der Waals surface area contributed by atoms with Crippen LogP contribution in [-0.2, 0) is 20.9 Å². The van der Waals surface area contributed by atoms with Crippen LogP contribution < -0.4 is 0 Å². The lowest BCUT2D eigenvalue weighted by molar-refractivity contribution is 0.354. The van der Waals surface area contributed by atoms with Gasteiger partial charge in [0.25, 0.3) is 5.69 Å². The molecule has 0 aliphatic heterocycles. The van der Waals surface area contributed by atoms with Crippen molar-refractivity contribution in [2.24, 2.45) is 0 Å². The van der Waals surface area contributed by atoms with Crippen LogP contribution in [0.2, 0.25) is 5.02 Å². The van der Waals surface area contributed by atoms with Gasteiger partial charge in [0.1, 0.15) is 0 Å². The van der Waals surface area contributed by atoms with E-state index in [4.69, 9.17) is 32.5 Å². The molecule has 0 heterocycles. The van der Waals surface area contributed by atoms with E-state index in [0.29, 0.717) is 5.02 Å². The summed E-state index contributed by atoms with van der Waals surface area (Å²) >= 11 is 12.4. The second kappa shape index (κ2) is 5.50. The Morgan fingerprint density at radius 3 is 2.14 bits per heavy atom. The van der Waals surface area contributed by atoms with Crippen molar-refractivity contribution in [3.63, 3.8) is 0 Å². The van der Waals surface area contributed by atoms with Crippen LogP contribution in [0.1, 0.15) is 0 Å². The summed E-state index contributed by atoms with van der Waals surface area (Å²) in [5.41, 5.74) is -2.21. The van der Waals surface area contributed by atoms with Gasteiger partial charge in [-0.2, -0.15) is 0 Å². The molecule has 6 heteroatoms. The smallest absolute Gasteiger partial charge is 0.251 e. The summed E-state index contributed by atoms with van der Waals surface area (Å²) in [5, 5.41) is 0.706. The van der Waals surface area contributed by atoms with E-state index >= 15 is 0 Å². The molecule has 78 valence electrons. The molecule has 1 aromatic carbocycles. The third-order valence-corrected chi connectivity index (χ3v) is 7.09. The number of rotatable bonds is 4. The van der Waals surface area contributed by atoms with Crippen molar-refractivity contribution >= 4 is 40.5 Å². The predicted molar refractivity (Wildman–Crippen MR) is 65.6 cm³/mol. The molecule has 1 aromatic rings. The van der Waals surface area contributed by atoms with Crippen LogP contribution in [0.5, 0.6) is 0 Å². The fraction of sp³-hybridized carbons (Fsp3) is 0.250. The highest BCUT2D eigenvalue weighted by Gasteiger charge is 2.16. The van der Waals surface area contributed by atoms with Crippen LogP contribution in [-0.4, -0.2) is 14.2 Å². The number of hydrogen-bond acceptors (Lipinski definition) is 4. The first-order valence-electron chi connectivity index (χ1n) is 3.76. The Hall–Kier alpha value is 0.430. The molecule has 0 aliphatic carbocycles. The molecule has 0 fully saturated rings. The van der Waals surface area contributed by atoms with E-state index in [0.717, 1.165) is 4.90 Å². The van der Waals surface area contributed by atoms with Crippen molar-refractivity contribution in [3.8, 4) is 0 Å². The zero-order valence-corrected chi connectivity index (χ0v) is 11.1. The van der Waals surface area contributed by atoms with Gasteiger partial charge in [0.2, 0.25) is 0 Å². The molecular weight excluding hydrogens is 259 g/mol. The monoisotopic (exact) mass is 268 g/mol. The zero-order chi connectivity index (χ0) is 10.6. The molecule has 14 heavy (non-hydrogen) atoms. The van der Waals surface area contributed by atoms with Crippen molar-refractivity contribution < 1.29 is 9.05 Å². The maximum atomic E-state index is 5.76. The van der Waals surface area contributed by atoms with Crippen molar-refractivity contribution in [2.45, 2.75) is 4.90 Å². The van der Waals surface area contributed by atoms with E-state index in [9.17, 15) is 0 Å². The standard InChI is InChI=1S/C8H10ClO2PS2/c1-10-12(13,11-2)14-8-5-3-7(9)4-6-8/h3-6H,1-2H3. The summed E-state index contributed by atoms with van der Waals surface area (Å²) in [6.07, 6.45) is 0. The summed E-state index contributed by atoms with van der Waals surface area (Å²) in [5.74, 6) is 0. The highest BCUT2D eigenvalue weighted by atomic mass is 35.5. The highest BCUT2D eigenvalue weighted by molar-refractivity contribution is 8.67. The predicted octanol–water partition coefficient (Wildman–Crippen LogP) is 3.95. The van der Waals surface area contributed by atoms with Crippen molar-refractivity contribution in [1.82, 2.24) is 0 Å². The lowest BCUT2D eigenvalue weighted by Crippen LogP contribution is -1.82. The molecule has 0 atom stereocenters. The van der Waals surface area contributed by atoms with Crippen molar-refractivity contribution in [1.29, 1.82) is 0 Å². The number of hydrogen-bond donors (Lipinski definition) is 0. The Bertz CT molecular complexity index is 334. The molecular formula is C8H10ClO2PS2. The van der Waals surface area contributed by atoms with Gasteiger partial charge in [-0.3, -0.25) is 0 Å². The summed E-state index contributed by atoms with van der Waals surface area (Å²) < 4.78 is 10.3. The number of benzene rings is 1. The van der Waals surface area contributed by atoms with Gasteiger partial charge in [0.05, 0.1) is 0 Å². The van der Waals surface area contributed by atoms with Gasteiger partial charge >= 0.3 is 0 Å². The van der Waals surface area contributed by atoms with E-state index in [2.05, 4.69) is 0 Å². The fourth-order valence-corrected chi connectivity index (χ4v) is 4.08. The Labute approximate surface area is 97.9 Å². The lowest BCUT2D eigenvalue weighted by Gasteiger charge is -2.16. The molecule has 0 saturated heterocycles. The quantitative estimate of drug-likeness (QED) is 0.770.